The van der Waals surface area contributed by atoms with Gasteiger partial charge >= 0.3 is 11.9 Å². The molecule has 8 heteroatoms. The largest absolute Gasteiger partial charge is 0.459 e. The van der Waals surface area contributed by atoms with Crippen molar-refractivity contribution in [3.8, 4) is 0 Å². The van der Waals surface area contributed by atoms with Crippen molar-refractivity contribution in [3.05, 3.63) is 108 Å². The zero-order valence-electron chi connectivity index (χ0n) is 21.2. The van der Waals surface area contributed by atoms with Crippen LogP contribution < -0.4 is 0 Å². The lowest BCUT2D eigenvalue weighted by atomic mass is 9.99. The molecular weight excluding hydrogens is 488 g/mol. The lowest BCUT2D eigenvalue weighted by Crippen LogP contribution is -2.59. The Balaban J connectivity index is 1.37. The molecule has 0 unspecified atom stereocenters. The van der Waals surface area contributed by atoms with Crippen LogP contribution in [0.4, 0.5) is 0 Å². The number of esters is 2. The molecular formula is C30H30O8. The maximum Gasteiger partial charge on any atom is 0.338 e. The molecule has 0 aromatic heterocycles. The van der Waals surface area contributed by atoms with Crippen LogP contribution in [0.1, 0.15) is 40.1 Å². The Hall–Kier alpha value is -3.56. The molecule has 3 aromatic rings. The lowest BCUT2D eigenvalue weighted by Gasteiger charge is -2.41. The normalized spacial score (nSPS) is 25.8. The standard InChI is InChI=1S/C30H30O8/c1-30(2)37-24-23(19-33-27(31)21-14-8-4-9-15-21)35-29(34-18-20-12-6-3-7-13-20)26(25(24)38-30)36-28(32)22-16-10-5-11-17-22/h3-17,23-26,29H,18-19H2,1-2H3/t23-,24+,25+,26-,29-/m1/s1. The molecule has 0 bridgehead atoms. The molecule has 2 aliphatic heterocycles. The van der Waals surface area contributed by atoms with Crippen LogP contribution in [0.25, 0.3) is 0 Å². The SMILES string of the molecule is CC1(C)O[C@H]2[C@@H](O1)[C@@H](COC(=O)c1ccccc1)O[C@@H](OCc1ccccc1)[C@@H]2OC(=O)c1ccccc1. The fraction of sp³-hybridized carbons (Fsp3) is 0.333. The van der Waals surface area contributed by atoms with Gasteiger partial charge in [0.1, 0.15) is 24.9 Å². The predicted octanol–water partition coefficient (Wildman–Crippen LogP) is 4.53. The highest BCUT2D eigenvalue weighted by molar-refractivity contribution is 5.89. The monoisotopic (exact) mass is 518 g/mol. The quantitative estimate of drug-likeness (QED) is 0.402. The van der Waals surface area contributed by atoms with Gasteiger partial charge < -0.3 is 28.4 Å². The molecule has 0 radical (unpaired) electrons. The summed E-state index contributed by atoms with van der Waals surface area (Å²) in [5, 5.41) is 0. The fourth-order valence-electron chi connectivity index (χ4n) is 4.57. The second-order valence-electron chi connectivity index (χ2n) is 9.60. The molecule has 0 aliphatic carbocycles. The minimum absolute atomic E-state index is 0.0983. The molecule has 2 heterocycles. The maximum absolute atomic E-state index is 13.0. The van der Waals surface area contributed by atoms with E-state index in [0.29, 0.717) is 11.1 Å². The summed E-state index contributed by atoms with van der Waals surface area (Å²) in [7, 11) is 0. The Morgan fingerprint density at radius 1 is 0.763 bits per heavy atom. The van der Waals surface area contributed by atoms with Crippen molar-refractivity contribution in [2.75, 3.05) is 6.61 Å². The van der Waals surface area contributed by atoms with Gasteiger partial charge in [0.15, 0.2) is 18.2 Å². The first-order chi connectivity index (χ1) is 18.4. The second kappa shape index (κ2) is 11.4. The van der Waals surface area contributed by atoms with E-state index in [1.54, 1.807) is 62.4 Å². The summed E-state index contributed by atoms with van der Waals surface area (Å²) in [5.41, 5.74) is 1.74. The molecule has 38 heavy (non-hydrogen) atoms. The van der Waals surface area contributed by atoms with Crippen molar-refractivity contribution in [3.63, 3.8) is 0 Å². The zero-order chi connectivity index (χ0) is 26.5. The van der Waals surface area contributed by atoms with E-state index in [1.807, 2.05) is 42.5 Å². The number of rotatable bonds is 8. The van der Waals surface area contributed by atoms with E-state index in [4.69, 9.17) is 28.4 Å². The molecule has 5 atom stereocenters. The summed E-state index contributed by atoms with van der Waals surface area (Å²) in [6, 6.07) is 27.0. The van der Waals surface area contributed by atoms with Crippen molar-refractivity contribution >= 4 is 11.9 Å². The van der Waals surface area contributed by atoms with Crippen molar-refractivity contribution in [2.24, 2.45) is 0 Å². The third-order valence-corrected chi connectivity index (χ3v) is 6.33. The number of carbonyl (C=O) groups excluding carboxylic acids is 2. The van der Waals surface area contributed by atoms with Crippen LogP contribution in [0.15, 0.2) is 91.0 Å². The number of hydrogen-bond acceptors (Lipinski definition) is 8. The Bertz CT molecular complexity index is 1210. The smallest absolute Gasteiger partial charge is 0.338 e. The Labute approximate surface area is 221 Å². The average molecular weight is 519 g/mol. The Morgan fingerprint density at radius 2 is 1.32 bits per heavy atom. The minimum Gasteiger partial charge on any atom is -0.459 e. The summed E-state index contributed by atoms with van der Waals surface area (Å²) in [6.45, 7) is 3.66. The molecule has 198 valence electrons. The molecule has 5 rings (SSSR count). The van der Waals surface area contributed by atoms with Crippen LogP contribution in [0, 0.1) is 0 Å². The molecule has 0 spiro atoms. The molecule has 2 fully saturated rings. The van der Waals surface area contributed by atoms with Gasteiger partial charge in [0.05, 0.1) is 17.7 Å². The predicted molar refractivity (Wildman–Crippen MR) is 136 cm³/mol. The number of ether oxygens (including phenoxy) is 6. The topological polar surface area (TPSA) is 89.5 Å². The maximum atomic E-state index is 13.0. The minimum atomic E-state index is -0.998. The molecule has 0 N–H and O–H groups in total. The van der Waals surface area contributed by atoms with E-state index in [9.17, 15) is 9.59 Å². The zero-order valence-corrected chi connectivity index (χ0v) is 21.2. The van der Waals surface area contributed by atoms with Crippen molar-refractivity contribution in [1.82, 2.24) is 0 Å². The van der Waals surface area contributed by atoms with Gasteiger partial charge in [-0.15, -0.1) is 0 Å². The van der Waals surface area contributed by atoms with Crippen molar-refractivity contribution < 1.29 is 38.0 Å². The van der Waals surface area contributed by atoms with Crippen LogP contribution >= 0.6 is 0 Å². The summed E-state index contributed by atoms with van der Waals surface area (Å²) < 4.78 is 36.3. The van der Waals surface area contributed by atoms with Gasteiger partial charge in [-0.25, -0.2) is 9.59 Å². The van der Waals surface area contributed by atoms with Gasteiger partial charge in [0.2, 0.25) is 0 Å². The van der Waals surface area contributed by atoms with Gasteiger partial charge in [-0.1, -0.05) is 66.7 Å². The molecule has 0 saturated carbocycles. The molecule has 3 aromatic carbocycles. The Kier molecular flexibility index (Phi) is 7.85. The molecule has 0 amide bonds. The highest BCUT2D eigenvalue weighted by Crippen LogP contribution is 2.39. The highest BCUT2D eigenvalue weighted by atomic mass is 16.8. The molecule has 2 aliphatic rings. The number of hydrogen-bond donors (Lipinski definition) is 0. The number of carbonyl (C=O) groups is 2. The third-order valence-electron chi connectivity index (χ3n) is 6.33. The Morgan fingerprint density at radius 3 is 1.95 bits per heavy atom. The van der Waals surface area contributed by atoms with Gasteiger partial charge in [0.25, 0.3) is 0 Å². The van der Waals surface area contributed by atoms with Gasteiger partial charge in [-0.2, -0.15) is 0 Å². The first-order valence-corrected chi connectivity index (χ1v) is 12.5. The van der Waals surface area contributed by atoms with Crippen LogP contribution in [-0.2, 0) is 35.0 Å². The van der Waals surface area contributed by atoms with E-state index in [0.717, 1.165) is 5.56 Å². The van der Waals surface area contributed by atoms with E-state index < -0.39 is 48.4 Å². The van der Waals surface area contributed by atoms with Crippen molar-refractivity contribution in [2.45, 2.75) is 56.9 Å². The third kappa shape index (κ3) is 6.11. The van der Waals surface area contributed by atoms with Crippen LogP contribution in [0.3, 0.4) is 0 Å². The van der Waals surface area contributed by atoms with Gasteiger partial charge in [0, 0.05) is 0 Å². The lowest BCUT2D eigenvalue weighted by molar-refractivity contribution is -0.284. The van der Waals surface area contributed by atoms with Crippen LogP contribution in [-0.4, -0.2) is 55.0 Å². The molecule has 8 nitrogen and oxygen atoms in total. The van der Waals surface area contributed by atoms with E-state index in [1.165, 1.54) is 0 Å². The van der Waals surface area contributed by atoms with Crippen LogP contribution in [0.2, 0.25) is 0 Å². The summed E-state index contributed by atoms with van der Waals surface area (Å²) >= 11 is 0. The van der Waals surface area contributed by atoms with E-state index in [2.05, 4.69) is 0 Å². The first-order valence-electron chi connectivity index (χ1n) is 12.5. The van der Waals surface area contributed by atoms with Crippen LogP contribution in [0.5, 0.6) is 0 Å². The van der Waals surface area contributed by atoms with Gasteiger partial charge in [-0.05, 0) is 43.7 Å². The summed E-state index contributed by atoms with van der Waals surface area (Å²) in [5.74, 6) is -2.00. The molecule has 2 saturated heterocycles. The highest BCUT2D eigenvalue weighted by Gasteiger charge is 2.57. The van der Waals surface area contributed by atoms with Crippen molar-refractivity contribution in [1.29, 1.82) is 0 Å². The fourth-order valence-corrected chi connectivity index (χ4v) is 4.57. The number of fused-ring (bicyclic) bond motifs is 1. The second-order valence-corrected chi connectivity index (χ2v) is 9.60. The van der Waals surface area contributed by atoms with E-state index in [-0.39, 0.29) is 13.2 Å². The van der Waals surface area contributed by atoms with Gasteiger partial charge in [-0.3, -0.25) is 0 Å². The summed E-state index contributed by atoms with van der Waals surface area (Å²) in [6.07, 6.45) is -4.03. The number of benzene rings is 3. The first kappa shape index (κ1) is 26.1. The van der Waals surface area contributed by atoms with E-state index >= 15 is 0 Å². The summed E-state index contributed by atoms with van der Waals surface area (Å²) in [4.78, 5) is 25.7. The average Bonchev–Trinajstić information content (AvgIpc) is 3.28.